The number of carbonyl (C=O) groups is 11. The molecule has 4 fully saturated rings. The van der Waals surface area contributed by atoms with Gasteiger partial charge in [0.05, 0.1) is 78.2 Å². The predicted octanol–water partition coefficient (Wildman–Crippen LogP) is 12.3. The number of amides is 10. The maximum Gasteiger partial charge on any atom is 0.413 e. The zero-order chi connectivity index (χ0) is 102. The number of nitrogens with zero attached hydrogens (tertiary/aromatic N) is 11. The number of pyridine rings is 8. The van der Waals surface area contributed by atoms with Crippen molar-refractivity contribution in [3.05, 3.63) is 167 Å². The van der Waals surface area contributed by atoms with E-state index in [4.69, 9.17) is 36.5 Å². The van der Waals surface area contributed by atoms with E-state index >= 15 is 0 Å². The Morgan fingerprint density at radius 2 is 0.674 bits per heavy atom. The number of carboxylic acid groups (broad SMARTS) is 1. The number of piperidine rings is 4. The van der Waals surface area contributed by atoms with Crippen molar-refractivity contribution < 1.29 is 88.9 Å². The second-order valence-corrected chi connectivity index (χ2v) is 40.9. The highest BCUT2D eigenvalue weighted by atomic mass is 32.2. The predicted molar refractivity (Wildman–Crippen MR) is 522 cm³/mol. The number of nitrogens with two attached hydrogens (primary N) is 3. The summed E-state index contributed by atoms with van der Waals surface area (Å²) in [6.45, 7) is 33.3. The van der Waals surface area contributed by atoms with Crippen LogP contribution < -0.4 is 69.2 Å². The zero-order valence-corrected chi connectivity index (χ0v) is 82.5. The number of ether oxygens (including phenoxy) is 3. The van der Waals surface area contributed by atoms with E-state index < -0.39 is 102 Å². The lowest BCUT2D eigenvalue weighted by molar-refractivity contribution is -0.147. The molecule has 8 unspecified atom stereocenters. The molecule has 0 aromatic carbocycles. The number of hydrogen-bond donors (Lipinski definition) is 14. The highest BCUT2D eigenvalue weighted by Crippen LogP contribution is 2.38. The number of carbonyl (C=O) groups excluding carboxylic acids is 10. The summed E-state index contributed by atoms with van der Waals surface area (Å²) in [5.41, 5.74) is 22.2. The van der Waals surface area contributed by atoms with Gasteiger partial charge < -0.3 is 77.8 Å². The maximum atomic E-state index is 13.2. The van der Waals surface area contributed by atoms with Crippen LogP contribution in [0.2, 0.25) is 0 Å². The van der Waals surface area contributed by atoms with Crippen LogP contribution in [0.1, 0.15) is 210 Å². The first kappa shape index (κ1) is 109. The molecule has 4 saturated heterocycles. The lowest BCUT2D eigenvalue weighted by Crippen LogP contribution is -2.46. The summed E-state index contributed by atoms with van der Waals surface area (Å²) in [7, 11) is -6.90. The number of nitrogens with one attached hydrogen (secondary N) is 10. The van der Waals surface area contributed by atoms with Gasteiger partial charge in [-0.15, -0.1) is 0 Å². The van der Waals surface area contributed by atoms with Gasteiger partial charge in [-0.1, -0.05) is 52.0 Å². The molecule has 10 amide bonds. The highest BCUT2D eigenvalue weighted by molar-refractivity contribution is 7.92. The number of nitrogen functional groups attached to an aromatic ring is 3. The van der Waals surface area contributed by atoms with Gasteiger partial charge in [0.2, 0.25) is 20.0 Å². The molecule has 4 aliphatic heterocycles. The second kappa shape index (κ2) is 47.9. The molecule has 12 heterocycles. The summed E-state index contributed by atoms with van der Waals surface area (Å²) < 4.78 is 65.8. The van der Waals surface area contributed by atoms with Gasteiger partial charge in [0.1, 0.15) is 63.3 Å². The van der Waals surface area contributed by atoms with E-state index in [2.05, 4.69) is 112 Å². The monoisotopic (exact) mass is 1950 g/mol. The molecule has 8 atom stereocenters. The van der Waals surface area contributed by atoms with Crippen LogP contribution in [0.15, 0.2) is 122 Å². The summed E-state index contributed by atoms with van der Waals surface area (Å²) in [5, 5.41) is 29.6. The lowest BCUT2D eigenvalue weighted by atomic mass is 9.90. The summed E-state index contributed by atoms with van der Waals surface area (Å²) in [5.74, 6) is -2.99. The van der Waals surface area contributed by atoms with E-state index in [1.54, 1.807) is 148 Å². The van der Waals surface area contributed by atoms with Gasteiger partial charge in [-0.05, 0) is 265 Å². The number of anilines is 12. The van der Waals surface area contributed by atoms with E-state index in [-0.39, 0.29) is 64.8 Å². The molecule has 0 spiro atoms. The molecule has 0 saturated carbocycles. The van der Waals surface area contributed by atoms with Gasteiger partial charge in [-0.2, -0.15) is 0 Å². The minimum Gasteiger partial charge on any atom is -0.474 e. The van der Waals surface area contributed by atoms with Gasteiger partial charge >= 0.3 is 65.6 Å². The first-order valence-electron chi connectivity index (χ1n) is 44.5. The van der Waals surface area contributed by atoms with Gasteiger partial charge in [0.15, 0.2) is 0 Å². The molecule has 43 nitrogen and oxygen atoms in total. The molecule has 45 heteroatoms. The van der Waals surface area contributed by atoms with Gasteiger partial charge in [0, 0.05) is 50.5 Å². The average molecular weight is 1950 g/mol. The van der Waals surface area contributed by atoms with Crippen LogP contribution in [0.25, 0.3) is 0 Å². The van der Waals surface area contributed by atoms with Crippen LogP contribution in [0.4, 0.5) is 83.7 Å². The van der Waals surface area contributed by atoms with Crippen LogP contribution in [0, 0.1) is 51.4 Å². The average Bonchev–Trinajstić information content (AvgIpc) is 0.805. The van der Waals surface area contributed by atoms with Crippen molar-refractivity contribution >= 4 is 155 Å². The van der Waals surface area contributed by atoms with Crippen LogP contribution in [-0.2, 0) is 72.6 Å². The third kappa shape index (κ3) is 35.4. The molecule has 12 rings (SSSR count). The van der Waals surface area contributed by atoms with E-state index in [1.165, 1.54) is 72.6 Å². The fraction of sp³-hybridized carbons (Fsp3) is 0.452. The van der Waals surface area contributed by atoms with Gasteiger partial charge in [-0.25, -0.2) is 75.9 Å². The molecule has 0 radical (unpaired) electrons. The van der Waals surface area contributed by atoms with Crippen molar-refractivity contribution in [1.29, 1.82) is 0 Å². The standard InChI is InChI=1S/C25H34N6O6S.C24H32N6O4.C20H26N6O4S.C13H17N3O5.C11H17N3/c1-15-7-9-19(17-8-10-20(26-12-17)30-38(6,35)36)31(14-15)23(33)22(32)28-18-11-16(2)21(27-13-18)29-24(34)37-25(3,4)5;1-14-6-8-18(16-7-9-19(25)26-11-16)30(13-14)22(32)21(31)28-17-10-15(2)20(27-12-17)29-23(33)34-24(3,4)5;1-12-4-6-16(14-5-7-17(22-9-14)25-31(3,29)30)26(11-12)20(28)19(27)24-15-8-13(2)18(21)23-10-15;1-7-5-8(15-10(17)11(18)19)6-14-9(7)16-12(20)21-13(2,3)4;1-8-2-4-10(13-6-8)9-3-5-11(12)14-7-9/h8,10-13,15,19H,7,9,14H2,1-6H3,(H,26,30)(H,28,32)(H,27,29,34);7,9-12,14,18H,6,8,13H2,1-5H3,(H2,25,26)(H,28,31)(H,27,29,33);5,7-10,12,16H,4,6,11H2,1-3H3,(H2,21,23)(H,22,25)(H,24,27);5-6H,1-4H3,(H,15,17)(H,18,19)(H,14,16,20);3,5,7-8,10,13H,2,4,6H2,1H3,(H2,12,14). The van der Waals surface area contributed by atoms with E-state index in [0.29, 0.717) is 107 Å². The van der Waals surface area contributed by atoms with Crippen LogP contribution in [0.5, 0.6) is 0 Å². The van der Waals surface area contributed by atoms with Crippen LogP contribution in [-0.4, -0.2) is 198 Å². The number of aryl methyl sites for hydroxylation is 4. The number of hydrogen-bond acceptors (Lipinski definition) is 30. The molecule has 0 bridgehead atoms. The minimum absolute atomic E-state index is 0.170. The normalized spacial score (nSPS) is 18.1. The fourth-order valence-corrected chi connectivity index (χ4v) is 15.7. The molecule has 8 aromatic heterocycles. The Morgan fingerprint density at radius 1 is 0.377 bits per heavy atom. The maximum absolute atomic E-state index is 13.2. The Balaban J connectivity index is 0.000000218. The van der Waals surface area contributed by atoms with E-state index in [1.807, 2.05) is 32.2 Å². The summed E-state index contributed by atoms with van der Waals surface area (Å²) in [6.07, 6.45) is 19.3. The SMILES string of the molecule is CC1CCC(c2ccc(N)nc2)NC1.Cc1cc(NC(=O)C(=O)N2CC(C)CCC2c2ccc(N)nc2)cnc1NC(=O)OC(C)(C)C.Cc1cc(NC(=O)C(=O)N2CC(C)CCC2c2ccc(NS(C)(=O)=O)nc2)cnc1N.Cc1cc(NC(=O)C(=O)N2CC(C)CCC2c2ccc(NS(C)(=O)=O)nc2)cnc1NC(=O)OC(C)(C)C.Cc1cc(NC(=O)C(=O)O)cnc1NC(=O)OC(C)(C)C. The van der Waals surface area contributed by atoms with Crippen molar-refractivity contribution in [3.63, 3.8) is 0 Å². The largest absolute Gasteiger partial charge is 0.474 e. The summed E-state index contributed by atoms with van der Waals surface area (Å²) in [4.78, 5) is 172. The molecule has 138 heavy (non-hydrogen) atoms. The Morgan fingerprint density at radius 3 is 0.942 bits per heavy atom. The minimum atomic E-state index is -3.47. The molecule has 0 aliphatic carbocycles. The Hall–Kier alpha value is -14.4. The zero-order valence-electron chi connectivity index (χ0n) is 80.9. The number of rotatable bonds is 15. The highest BCUT2D eigenvalue weighted by Gasteiger charge is 2.39. The Kier molecular flexibility index (Phi) is 37.8. The molecule has 17 N–H and O–H groups in total. The van der Waals surface area contributed by atoms with Crippen molar-refractivity contribution in [2.75, 3.05) is 103 Å². The number of carboxylic acids is 1. The van der Waals surface area contributed by atoms with E-state index in [9.17, 15) is 69.6 Å². The smallest absolute Gasteiger partial charge is 0.413 e. The van der Waals surface area contributed by atoms with E-state index in [0.717, 1.165) is 61.8 Å². The molecular weight excluding hydrogens is 1820 g/mol. The number of likely N-dealkylation sites (tertiary alicyclic amines) is 3. The Bertz CT molecular complexity index is 5920. The first-order chi connectivity index (χ1) is 64.4. The summed E-state index contributed by atoms with van der Waals surface area (Å²) in [6, 6.07) is 19.8. The second-order valence-electron chi connectivity index (χ2n) is 37.4. The van der Waals surface area contributed by atoms with Crippen molar-refractivity contribution in [2.24, 2.45) is 23.7 Å². The lowest BCUT2D eigenvalue weighted by Gasteiger charge is -2.38. The third-order valence-electron chi connectivity index (χ3n) is 21.2. The molecular formula is C93H126N24O19S2. The molecule has 8 aromatic rings. The Labute approximate surface area is 802 Å². The summed E-state index contributed by atoms with van der Waals surface area (Å²) >= 11 is 0. The third-order valence-corrected chi connectivity index (χ3v) is 22.4. The van der Waals surface area contributed by atoms with Crippen molar-refractivity contribution in [1.82, 2.24) is 59.9 Å². The number of aliphatic carboxylic acids is 1. The first-order valence-corrected chi connectivity index (χ1v) is 48.2. The fourth-order valence-electron chi connectivity index (χ4n) is 14.7. The van der Waals surface area contributed by atoms with Crippen LogP contribution in [0.3, 0.4) is 0 Å². The number of aromatic nitrogens is 8. The quantitative estimate of drug-likeness (QED) is 0.0335. The van der Waals surface area contributed by atoms with Gasteiger partial charge in [-0.3, -0.25) is 59.0 Å². The topological polar surface area (TPSA) is 615 Å². The van der Waals surface area contributed by atoms with Crippen molar-refractivity contribution in [3.8, 4) is 0 Å². The number of sulfonamides is 2. The van der Waals surface area contributed by atoms with Gasteiger partial charge in [0.25, 0.3) is 0 Å². The van der Waals surface area contributed by atoms with Crippen molar-refractivity contribution in [2.45, 2.75) is 210 Å². The molecule has 744 valence electrons. The molecule has 4 aliphatic rings. The van der Waals surface area contributed by atoms with Crippen LogP contribution >= 0.6 is 0 Å².